The summed E-state index contributed by atoms with van der Waals surface area (Å²) in [5.41, 5.74) is 0. The minimum atomic E-state index is -0.657. The van der Waals surface area contributed by atoms with E-state index in [4.69, 9.17) is 14.2 Å². The predicted octanol–water partition coefficient (Wildman–Crippen LogP) is 2.19. The monoisotopic (exact) mass is 330 g/mol. The van der Waals surface area contributed by atoms with Crippen LogP contribution in [0.5, 0.6) is 0 Å². The van der Waals surface area contributed by atoms with E-state index < -0.39 is 18.5 Å². The first kappa shape index (κ1) is 19.1. The molecule has 0 bridgehead atoms. The van der Waals surface area contributed by atoms with E-state index in [0.717, 1.165) is 6.42 Å². The second-order valence-corrected chi connectivity index (χ2v) is 7.54. The van der Waals surface area contributed by atoms with Crippen LogP contribution in [-0.2, 0) is 14.2 Å². The van der Waals surface area contributed by atoms with Gasteiger partial charge in [0.2, 0.25) is 0 Å². The molecule has 2 saturated heterocycles. The van der Waals surface area contributed by atoms with E-state index in [1.165, 1.54) is 0 Å². The summed E-state index contributed by atoms with van der Waals surface area (Å²) in [6, 6.07) is 0. The quantitative estimate of drug-likeness (QED) is 0.827. The van der Waals surface area contributed by atoms with Crippen LogP contribution in [0, 0.1) is 23.7 Å². The van der Waals surface area contributed by atoms with Crippen molar-refractivity contribution in [3.63, 3.8) is 0 Å². The van der Waals surface area contributed by atoms with Crippen molar-refractivity contribution in [3.8, 4) is 0 Å². The lowest BCUT2D eigenvalue weighted by atomic mass is 9.80. The lowest BCUT2D eigenvalue weighted by Crippen LogP contribution is -2.56. The van der Waals surface area contributed by atoms with Gasteiger partial charge in [-0.2, -0.15) is 0 Å². The number of rotatable bonds is 4. The SMILES string of the molecule is CCC1OC(C)C(C)C(C)C1OC1OC(CO)C(O)C(C)C1C. The van der Waals surface area contributed by atoms with Crippen LogP contribution < -0.4 is 0 Å². The Morgan fingerprint density at radius 1 is 0.870 bits per heavy atom. The molecule has 10 unspecified atom stereocenters. The zero-order valence-corrected chi connectivity index (χ0v) is 15.3. The first-order valence-electron chi connectivity index (χ1n) is 9.07. The Labute approximate surface area is 140 Å². The van der Waals surface area contributed by atoms with Crippen LogP contribution in [0.3, 0.4) is 0 Å². The average Bonchev–Trinajstić information content (AvgIpc) is 2.55. The third-order valence-electron chi connectivity index (χ3n) is 6.20. The fourth-order valence-corrected chi connectivity index (χ4v) is 3.82. The molecule has 2 N–H and O–H groups in total. The van der Waals surface area contributed by atoms with Gasteiger partial charge < -0.3 is 24.4 Å². The standard InChI is InChI=1S/C18H34O5/c1-7-14-17(11(4)9(2)13(6)21-14)23-18-12(5)10(3)16(20)15(8-19)22-18/h9-20H,7-8H2,1-6H3. The highest BCUT2D eigenvalue weighted by Gasteiger charge is 2.45. The number of hydrogen-bond acceptors (Lipinski definition) is 5. The minimum Gasteiger partial charge on any atom is -0.394 e. The van der Waals surface area contributed by atoms with Crippen molar-refractivity contribution in [1.29, 1.82) is 0 Å². The first-order valence-corrected chi connectivity index (χ1v) is 9.07. The zero-order valence-electron chi connectivity index (χ0n) is 15.3. The van der Waals surface area contributed by atoms with Crippen LogP contribution in [0.25, 0.3) is 0 Å². The van der Waals surface area contributed by atoms with E-state index >= 15 is 0 Å². The van der Waals surface area contributed by atoms with Gasteiger partial charge in [0, 0.05) is 5.92 Å². The second-order valence-electron chi connectivity index (χ2n) is 7.54. The van der Waals surface area contributed by atoms with Gasteiger partial charge in [0.05, 0.1) is 31.0 Å². The summed E-state index contributed by atoms with van der Waals surface area (Å²) < 4.78 is 18.3. The summed E-state index contributed by atoms with van der Waals surface area (Å²) in [6.45, 7) is 12.5. The molecule has 0 spiro atoms. The topological polar surface area (TPSA) is 68.2 Å². The number of aliphatic hydroxyl groups is 2. The summed E-state index contributed by atoms with van der Waals surface area (Å²) >= 11 is 0. The van der Waals surface area contributed by atoms with Crippen molar-refractivity contribution < 1.29 is 24.4 Å². The largest absolute Gasteiger partial charge is 0.394 e. The van der Waals surface area contributed by atoms with Crippen LogP contribution in [0.1, 0.15) is 48.0 Å². The van der Waals surface area contributed by atoms with Gasteiger partial charge in [0.15, 0.2) is 6.29 Å². The Balaban J connectivity index is 2.11. The summed E-state index contributed by atoms with van der Waals surface area (Å²) in [5.74, 6) is 0.863. The highest BCUT2D eigenvalue weighted by atomic mass is 16.7. The molecule has 2 rings (SSSR count). The third kappa shape index (κ3) is 3.74. The smallest absolute Gasteiger partial charge is 0.161 e. The maximum atomic E-state index is 10.2. The van der Waals surface area contributed by atoms with E-state index in [0.29, 0.717) is 11.8 Å². The van der Waals surface area contributed by atoms with Crippen molar-refractivity contribution in [1.82, 2.24) is 0 Å². The molecule has 23 heavy (non-hydrogen) atoms. The molecule has 2 aliphatic rings. The number of aliphatic hydroxyl groups excluding tert-OH is 2. The molecule has 0 aromatic rings. The van der Waals surface area contributed by atoms with Gasteiger partial charge >= 0.3 is 0 Å². The lowest BCUT2D eigenvalue weighted by molar-refractivity contribution is -0.310. The first-order chi connectivity index (χ1) is 10.8. The van der Waals surface area contributed by atoms with Gasteiger partial charge in [0.1, 0.15) is 6.10 Å². The Kier molecular flexibility index (Phi) is 6.48. The van der Waals surface area contributed by atoms with Crippen LogP contribution in [0.4, 0.5) is 0 Å². The molecule has 0 aromatic heterocycles. The zero-order chi connectivity index (χ0) is 17.3. The number of ether oxygens (including phenoxy) is 3. The van der Waals surface area contributed by atoms with Gasteiger partial charge in [-0.05, 0) is 31.1 Å². The Hall–Kier alpha value is -0.200. The molecule has 0 radical (unpaired) electrons. The number of hydrogen-bond donors (Lipinski definition) is 2. The van der Waals surface area contributed by atoms with Crippen molar-refractivity contribution >= 4 is 0 Å². The summed E-state index contributed by atoms with van der Waals surface area (Å²) in [7, 11) is 0. The minimum absolute atomic E-state index is 0.0159. The van der Waals surface area contributed by atoms with Gasteiger partial charge in [-0.1, -0.05) is 34.6 Å². The lowest BCUT2D eigenvalue weighted by Gasteiger charge is -2.48. The summed E-state index contributed by atoms with van der Waals surface area (Å²) in [5, 5.41) is 19.6. The predicted molar refractivity (Wildman–Crippen MR) is 87.9 cm³/mol. The van der Waals surface area contributed by atoms with E-state index in [-0.39, 0.29) is 36.8 Å². The summed E-state index contributed by atoms with van der Waals surface area (Å²) in [6.07, 6.45) is -0.503. The normalized spacial score (nSPS) is 51.7. The Morgan fingerprint density at radius 2 is 1.52 bits per heavy atom. The highest BCUT2D eigenvalue weighted by molar-refractivity contribution is 4.90. The van der Waals surface area contributed by atoms with E-state index in [2.05, 4.69) is 27.7 Å². The van der Waals surface area contributed by atoms with Gasteiger partial charge in [0.25, 0.3) is 0 Å². The fourth-order valence-electron chi connectivity index (χ4n) is 3.82. The van der Waals surface area contributed by atoms with Crippen molar-refractivity contribution in [2.75, 3.05) is 6.61 Å². The van der Waals surface area contributed by atoms with Crippen LogP contribution in [-0.4, -0.2) is 53.6 Å². The average molecular weight is 330 g/mol. The fraction of sp³-hybridized carbons (Fsp3) is 1.00. The molecular weight excluding hydrogens is 296 g/mol. The molecule has 0 amide bonds. The molecular formula is C18H34O5. The van der Waals surface area contributed by atoms with E-state index in [1.54, 1.807) is 0 Å². The van der Waals surface area contributed by atoms with Crippen LogP contribution >= 0.6 is 0 Å². The van der Waals surface area contributed by atoms with Crippen LogP contribution in [0.2, 0.25) is 0 Å². The molecule has 2 fully saturated rings. The summed E-state index contributed by atoms with van der Waals surface area (Å²) in [4.78, 5) is 0. The van der Waals surface area contributed by atoms with Crippen molar-refractivity contribution in [2.24, 2.45) is 23.7 Å². The maximum Gasteiger partial charge on any atom is 0.161 e. The van der Waals surface area contributed by atoms with E-state index in [1.807, 2.05) is 13.8 Å². The molecule has 136 valence electrons. The van der Waals surface area contributed by atoms with Crippen LogP contribution in [0.15, 0.2) is 0 Å². The maximum absolute atomic E-state index is 10.2. The molecule has 0 saturated carbocycles. The van der Waals surface area contributed by atoms with Gasteiger partial charge in [-0.25, -0.2) is 0 Å². The van der Waals surface area contributed by atoms with Gasteiger partial charge in [-0.3, -0.25) is 0 Å². The molecule has 5 nitrogen and oxygen atoms in total. The molecule has 10 atom stereocenters. The Morgan fingerprint density at radius 3 is 2.09 bits per heavy atom. The molecule has 2 heterocycles. The molecule has 2 aliphatic heterocycles. The molecule has 5 heteroatoms. The van der Waals surface area contributed by atoms with Crippen molar-refractivity contribution in [2.45, 2.75) is 84.8 Å². The van der Waals surface area contributed by atoms with Gasteiger partial charge in [-0.15, -0.1) is 0 Å². The highest BCUT2D eigenvalue weighted by Crippen LogP contribution is 2.38. The third-order valence-corrected chi connectivity index (χ3v) is 6.20. The second kappa shape index (κ2) is 7.79. The Bertz CT molecular complexity index is 372. The van der Waals surface area contributed by atoms with E-state index in [9.17, 15) is 10.2 Å². The van der Waals surface area contributed by atoms with Crippen molar-refractivity contribution in [3.05, 3.63) is 0 Å². The molecule has 0 aromatic carbocycles. The molecule has 0 aliphatic carbocycles.